The minimum atomic E-state index is 0.740. The number of hydrogen-bond acceptors (Lipinski definition) is 2. The molecule has 2 rings (SSSR count). The van der Waals surface area contributed by atoms with E-state index < -0.39 is 0 Å². The van der Waals surface area contributed by atoms with E-state index in [0.717, 1.165) is 18.5 Å². The molecular formula is C7H14N2. The van der Waals surface area contributed by atoms with Crippen molar-refractivity contribution in [2.75, 3.05) is 6.54 Å². The highest BCUT2D eigenvalue weighted by Gasteiger charge is 2.32. The van der Waals surface area contributed by atoms with Crippen LogP contribution in [0.4, 0.5) is 0 Å². The highest BCUT2D eigenvalue weighted by atomic mass is 15.4. The Kier molecular flexibility index (Phi) is 1.24. The maximum Gasteiger partial charge on any atom is 0.0243 e. The third-order valence-corrected chi connectivity index (χ3v) is 2.78. The molecule has 2 aliphatic rings. The highest BCUT2D eigenvalue weighted by Crippen LogP contribution is 2.34. The van der Waals surface area contributed by atoms with E-state index in [0.29, 0.717) is 0 Å². The molecule has 0 amide bonds. The van der Waals surface area contributed by atoms with Crippen LogP contribution in [-0.4, -0.2) is 17.6 Å². The molecule has 1 aliphatic carbocycles. The van der Waals surface area contributed by atoms with Crippen molar-refractivity contribution in [1.82, 2.24) is 5.01 Å². The van der Waals surface area contributed by atoms with Gasteiger partial charge in [0.05, 0.1) is 0 Å². The summed E-state index contributed by atoms with van der Waals surface area (Å²) in [6.07, 6.45) is 5.49. The van der Waals surface area contributed by atoms with Gasteiger partial charge in [-0.15, -0.1) is 0 Å². The van der Waals surface area contributed by atoms with Crippen molar-refractivity contribution >= 4 is 0 Å². The van der Waals surface area contributed by atoms with Crippen LogP contribution in [0.1, 0.15) is 25.7 Å². The van der Waals surface area contributed by atoms with E-state index in [1.165, 1.54) is 25.7 Å². The van der Waals surface area contributed by atoms with Gasteiger partial charge in [0.25, 0.3) is 0 Å². The molecule has 2 nitrogen and oxygen atoms in total. The topological polar surface area (TPSA) is 29.3 Å². The van der Waals surface area contributed by atoms with E-state index in [9.17, 15) is 0 Å². The molecule has 0 aromatic carbocycles. The Morgan fingerprint density at radius 3 is 2.89 bits per heavy atom. The number of nitrogens with two attached hydrogens (primary N) is 1. The first-order valence-electron chi connectivity index (χ1n) is 3.87. The lowest BCUT2D eigenvalue weighted by molar-refractivity contribution is 0.158. The Morgan fingerprint density at radius 1 is 1.22 bits per heavy atom. The van der Waals surface area contributed by atoms with Crippen molar-refractivity contribution in [3.05, 3.63) is 0 Å². The number of piperidine rings is 1. The van der Waals surface area contributed by atoms with Crippen LogP contribution in [0.3, 0.4) is 0 Å². The lowest BCUT2D eigenvalue weighted by atomic mass is 10.0. The fraction of sp³-hybridized carbons (Fsp3) is 1.00. The Bertz CT molecular complexity index is 113. The molecule has 1 saturated heterocycles. The molecule has 2 unspecified atom stereocenters. The van der Waals surface area contributed by atoms with Gasteiger partial charge < -0.3 is 0 Å². The van der Waals surface area contributed by atoms with Crippen LogP contribution in [0.5, 0.6) is 0 Å². The summed E-state index contributed by atoms with van der Waals surface area (Å²) in [5.74, 6) is 6.77. The number of nitrogens with zero attached hydrogens (tertiary/aromatic N) is 1. The summed E-state index contributed by atoms with van der Waals surface area (Å²) in [6, 6.07) is 0.740. The molecule has 0 aromatic rings. The van der Waals surface area contributed by atoms with Gasteiger partial charge in [0, 0.05) is 12.6 Å². The van der Waals surface area contributed by atoms with Crippen molar-refractivity contribution in [2.24, 2.45) is 11.8 Å². The predicted octanol–water partition coefficient (Wildman–Crippen LogP) is 0.734. The average molecular weight is 126 g/mol. The van der Waals surface area contributed by atoms with Gasteiger partial charge in [-0.1, -0.05) is 0 Å². The normalized spacial score (nSPS) is 43.7. The maximum absolute atomic E-state index is 5.75. The first-order chi connectivity index (χ1) is 4.36. The van der Waals surface area contributed by atoms with E-state index in [2.05, 4.69) is 0 Å². The molecule has 2 fully saturated rings. The summed E-state index contributed by atoms with van der Waals surface area (Å²) in [5.41, 5.74) is 0. The van der Waals surface area contributed by atoms with Crippen LogP contribution in [0.15, 0.2) is 0 Å². The second-order valence-corrected chi connectivity index (χ2v) is 3.36. The largest absolute Gasteiger partial charge is 0.269 e. The molecule has 0 aromatic heterocycles. The summed E-state index contributed by atoms with van der Waals surface area (Å²) in [5, 5.41) is 2.03. The number of rotatable bonds is 0. The highest BCUT2D eigenvalue weighted by molar-refractivity contribution is 4.85. The van der Waals surface area contributed by atoms with Crippen molar-refractivity contribution in [3.8, 4) is 0 Å². The van der Waals surface area contributed by atoms with Gasteiger partial charge >= 0.3 is 0 Å². The molecule has 0 spiro atoms. The third-order valence-electron chi connectivity index (χ3n) is 2.78. The van der Waals surface area contributed by atoms with Crippen LogP contribution in [-0.2, 0) is 0 Å². The van der Waals surface area contributed by atoms with Crippen molar-refractivity contribution < 1.29 is 0 Å². The lowest BCUT2D eigenvalue weighted by Gasteiger charge is -2.28. The van der Waals surface area contributed by atoms with Gasteiger partial charge in [-0.25, -0.2) is 5.01 Å². The zero-order chi connectivity index (χ0) is 6.27. The van der Waals surface area contributed by atoms with Crippen molar-refractivity contribution in [2.45, 2.75) is 31.7 Å². The molecule has 1 aliphatic heterocycles. The van der Waals surface area contributed by atoms with Crippen LogP contribution in [0.25, 0.3) is 0 Å². The van der Waals surface area contributed by atoms with Gasteiger partial charge in [-0.05, 0) is 31.6 Å². The van der Waals surface area contributed by atoms with E-state index in [1.54, 1.807) is 0 Å². The van der Waals surface area contributed by atoms with Gasteiger partial charge in [0.2, 0.25) is 0 Å². The number of fused-ring (bicyclic) bond motifs is 2. The molecule has 2 heteroatoms. The second-order valence-electron chi connectivity index (χ2n) is 3.36. The van der Waals surface area contributed by atoms with Gasteiger partial charge in [0.15, 0.2) is 0 Å². The first-order valence-corrected chi connectivity index (χ1v) is 3.87. The average Bonchev–Trinajstić information content (AvgIpc) is 2.25. The Morgan fingerprint density at radius 2 is 2.11 bits per heavy atom. The van der Waals surface area contributed by atoms with Crippen LogP contribution >= 0.6 is 0 Å². The Hall–Kier alpha value is -0.0800. The van der Waals surface area contributed by atoms with Crippen LogP contribution in [0.2, 0.25) is 0 Å². The summed E-state index contributed by atoms with van der Waals surface area (Å²) >= 11 is 0. The maximum atomic E-state index is 5.75. The van der Waals surface area contributed by atoms with E-state index in [-0.39, 0.29) is 0 Å². The summed E-state index contributed by atoms with van der Waals surface area (Å²) < 4.78 is 0. The molecule has 52 valence electrons. The second kappa shape index (κ2) is 1.96. The van der Waals surface area contributed by atoms with Crippen LogP contribution in [0, 0.1) is 5.92 Å². The molecule has 0 radical (unpaired) electrons. The monoisotopic (exact) mass is 126 g/mol. The van der Waals surface area contributed by atoms with Crippen molar-refractivity contribution in [1.29, 1.82) is 0 Å². The first kappa shape index (κ1) is 5.69. The van der Waals surface area contributed by atoms with E-state index in [1.807, 2.05) is 5.01 Å². The van der Waals surface area contributed by atoms with Gasteiger partial charge in [0.1, 0.15) is 0 Å². The molecule has 9 heavy (non-hydrogen) atoms. The van der Waals surface area contributed by atoms with Gasteiger partial charge in [-0.2, -0.15) is 0 Å². The molecule has 2 N–H and O–H groups in total. The SMILES string of the molecule is NN1CCC2CCC1C2. The third kappa shape index (κ3) is 0.864. The van der Waals surface area contributed by atoms with Crippen LogP contribution < -0.4 is 5.84 Å². The minimum absolute atomic E-state index is 0.740. The fourth-order valence-electron chi connectivity index (χ4n) is 2.13. The summed E-state index contributed by atoms with van der Waals surface area (Å²) in [6.45, 7) is 1.13. The fourth-order valence-corrected chi connectivity index (χ4v) is 2.13. The molecule has 2 atom stereocenters. The quantitative estimate of drug-likeness (QED) is 0.485. The van der Waals surface area contributed by atoms with Gasteiger partial charge in [-0.3, -0.25) is 5.84 Å². The smallest absolute Gasteiger partial charge is 0.0243 e. The zero-order valence-electron chi connectivity index (χ0n) is 5.71. The Labute approximate surface area is 56.0 Å². The minimum Gasteiger partial charge on any atom is -0.269 e. The number of hydrazine groups is 1. The molecule has 2 bridgehead atoms. The predicted molar refractivity (Wildman–Crippen MR) is 36.6 cm³/mol. The number of hydrogen-bond donors (Lipinski definition) is 1. The lowest BCUT2D eigenvalue weighted by Crippen LogP contribution is -2.43. The molecule has 1 heterocycles. The summed E-state index contributed by atoms with van der Waals surface area (Å²) in [7, 11) is 0. The molecule has 1 saturated carbocycles. The summed E-state index contributed by atoms with van der Waals surface area (Å²) in [4.78, 5) is 0. The standard InChI is InChI=1S/C7H14N2/c8-9-4-3-6-1-2-7(9)5-6/h6-7H,1-5,8H2. The Balaban J connectivity index is 2.05. The zero-order valence-corrected chi connectivity index (χ0v) is 5.71. The molecular weight excluding hydrogens is 112 g/mol. The van der Waals surface area contributed by atoms with E-state index >= 15 is 0 Å². The van der Waals surface area contributed by atoms with E-state index in [4.69, 9.17) is 5.84 Å². The van der Waals surface area contributed by atoms with Crippen molar-refractivity contribution in [3.63, 3.8) is 0 Å².